The molecule has 0 aliphatic heterocycles. The van der Waals surface area contributed by atoms with Crippen LogP contribution in [0.1, 0.15) is 11.1 Å². The van der Waals surface area contributed by atoms with Gasteiger partial charge in [0, 0.05) is 15.6 Å². The molecule has 0 fully saturated rings. The average molecular weight is 373 g/mol. The molecule has 0 amide bonds. The van der Waals surface area contributed by atoms with Crippen molar-refractivity contribution in [2.75, 3.05) is 0 Å². The molecule has 0 bridgehead atoms. The highest BCUT2D eigenvalue weighted by atomic mass is 79.9. The summed E-state index contributed by atoms with van der Waals surface area (Å²) in [4.78, 5) is 10.5. The first-order chi connectivity index (χ1) is 10.0. The smallest absolute Gasteiger partial charge is 0.277 e. The van der Waals surface area contributed by atoms with Crippen molar-refractivity contribution in [3.05, 3.63) is 67.1 Å². The number of hydrogen-bond donors (Lipinski definition) is 1. The summed E-state index contributed by atoms with van der Waals surface area (Å²) in [6.07, 6.45) is 0. The number of rotatable bonds is 5. The first-order valence-corrected chi connectivity index (χ1v) is 7.13. The van der Waals surface area contributed by atoms with Gasteiger partial charge in [-0.1, -0.05) is 27.5 Å². The second-order valence-corrected chi connectivity index (χ2v) is 5.52. The summed E-state index contributed by atoms with van der Waals surface area (Å²) >= 11 is 9.06. The Labute approximate surface area is 134 Å². The predicted octanol–water partition coefficient (Wildman–Crippen LogP) is 4.08. The molecule has 110 valence electrons. The number of nitro groups is 1. The normalized spacial score (nSPS) is 10.4. The summed E-state index contributed by atoms with van der Waals surface area (Å²) in [6.45, 7) is -0.0845. The molecule has 7 heteroatoms. The molecule has 1 N–H and O–H groups in total. The summed E-state index contributed by atoms with van der Waals surface area (Å²) in [5, 5.41) is 20.5. The van der Waals surface area contributed by atoms with Gasteiger partial charge in [0.1, 0.15) is 12.4 Å². The number of nitrogens with zero attached hydrogens (tertiary/aromatic N) is 1. The fourth-order valence-electron chi connectivity index (χ4n) is 1.75. The van der Waals surface area contributed by atoms with Crippen molar-refractivity contribution in [2.24, 2.45) is 0 Å². The maximum atomic E-state index is 11.0. The van der Waals surface area contributed by atoms with E-state index < -0.39 is 4.92 Å². The summed E-state index contributed by atoms with van der Waals surface area (Å²) in [6, 6.07) is 9.56. The van der Waals surface area contributed by atoms with Gasteiger partial charge in [0.05, 0.1) is 17.1 Å². The van der Waals surface area contributed by atoms with Crippen molar-refractivity contribution in [3.63, 3.8) is 0 Å². The minimum Gasteiger partial charge on any atom is -0.489 e. The first kappa shape index (κ1) is 15.8. The summed E-state index contributed by atoms with van der Waals surface area (Å²) in [7, 11) is 0. The van der Waals surface area contributed by atoms with E-state index in [2.05, 4.69) is 15.9 Å². The van der Waals surface area contributed by atoms with Crippen LogP contribution in [0.2, 0.25) is 5.02 Å². The van der Waals surface area contributed by atoms with Crippen LogP contribution in [0, 0.1) is 10.1 Å². The highest BCUT2D eigenvalue weighted by Gasteiger charge is 2.15. The molecular weight excluding hydrogens is 362 g/mol. The summed E-state index contributed by atoms with van der Waals surface area (Å²) in [5.41, 5.74) is 1.03. The van der Waals surface area contributed by atoms with Gasteiger partial charge in [0.2, 0.25) is 0 Å². The van der Waals surface area contributed by atoms with Crippen LogP contribution < -0.4 is 4.74 Å². The number of aliphatic hydroxyl groups is 1. The molecule has 2 aromatic rings. The van der Waals surface area contributed by atoms with Crippen LogP contribution >= 0.6 is 27.5 Å². The van der Waals surface area contributed by atoms with E-state index in [1.807, 2.05) is 0 Å². The Hall–Kier alpha value is -1.63. The van der Waals surface area contributed by atoms with Crippen LogP contribution in [-0.4, -0.2) is 10.0 Å². The van der Waals surface area contributed by atoms with Crippen molar-refractivity contribution < 1.29 is 14.8 Å². The average Bonchev–Trinajstić information content (AvgIpc) is 2.47. The zero-order chi connectivity index (χ0) is 15.4. The molecule has 0 radical (unpaired) electrons. The topological polar surface area (TPSA) is 72.6 Å². The number of hydrogen-bond acceptors (Lipinski definition) is 4. The van der Waals surface area contributed by atoms with Crippen LogP contribution in [0.5, 0.6) is 5.75 Å². The minimum atomic E-state index is -0.495. The van der Waals surface area contributed by atoms with Gasteiger partial charge in [-0.2, -0.15) is 0 Å². The maximum Gasteiger partial charge on any atom is 0.277 e. The van der Waals surface area contributed by atoms with Crippen LogP contribution in [0.25, 0.3) is 0 Å². The third kappa shape index (κ3) is 3.93. The van der Waals surface area contributed by atoms with Gasteiger partial charge in [0.25, 0.3) is 5.69 Å². The molecule has 0 atom stereocenters. The summed E-state index contributed by atoms with van der Waals surface area (Å²) < 4.78 is 6.31. The number of ether oxygens (including phenoxy) is 1. The lowest BCUT2D eigenvalue weighted by molar-refractivity contribution is -0.385. The fourth-order valence-corrected chi connectivity index (χ4v) is 2.29. The van der Waals surface area contributed by atoms with Crippen molar-refractivity contribution in [3.8, 4) is 5.75 Å². The molecule has 2 rings (SSSR count). The lowest BCUT2D eigenvalue weighted by atomic mass is 10.2. The molecule has 0 saturated carbocycles. The molecule has 0 aliphatic carbocycles. The highest BCUT2D eigenvalue weighted by Crippen LogP contribution is 2.26. The molecule has 0 heterocycles. The van der Waals surface area contributed by atoms with Crippen LogP contribution in [0.4, 0.5) is 5.69 Å². The number of aliphatic hydroxyl groups excluding tert-OH is 1. The fraction of sp³-hybridized carbons (Fsp3) is 0.143. The van der Waals surface area contributed by atoms with Gasteiger partial charge in [-0.05, 0) is 35.9 Å². The lowest BCUT2D eigenvalue weighted by Gasteiger charge is -2.09. The van der Waals surface area contributed by atoms with Crippen LogP contribution in [0.15, 0.2) is 40.9 Å². The number of nitro benzene ring substituents is 1. The van der Waals surface area contributed by atoms with Crippen molar-refractivity contribution in [1.29, 1.82) is 0 Å². The molecule has 2 aromatic carbocycles. The van der Waals surface area contributed by atoms with Gasteiger partial charge < -0.3 is 9.84 Å². The standard InChI is InChI=1S/C14H11BrClNO4/c15-13-4-3-12(5-10(13)7-18)21-8-9-1-2-11(16)6-14(9)17(19)20/h1-6,18H,7-8H2. The van der Waals surface area contributed by atoms with Crippen LogP contribution in [0.3, 0.4) is 0 Å². The Bertz CT molecular complexity index is 678. The lowest BCUT2D eigenvalue weighted by Crippen LogP contribution is -2.01. The first-order valence-electron chi connectivity index (χ1n) is 5.96. The van der Waals surface area contributed by atoms with Crippen LogP contribution in [-0.2, 0) is 13.2 Å². The number of benzene rings is 2. The van der Waals surface area contributed by atoms with E-state index in [1.165, 1.54) is 6.07 Å². The van der Waals surface area contributed by atoms with Gasteiger partial charge >= 0.3 is 0 Å². The maximum absolute atomic E-state index is 11.0. The molecule has 0 spiro atoms. The quantitative estimate of drug-likeness (QED) is 0.634. The monoisotopic (exact) mass is 371 g/mol. The molecule has 0 aliphatic rings. The van der Waals surface area contributed by atoms with E-state index in [4.69, 9.17) is 16.3 Å². The Morgan fingerprint density at radius 1 is 1.24 bits per heavy atom. The Kier molecular flexibility index (Phi) is 5.17. The Morgan fingerprint density at radius 3 is 2.67 bits per heavy atom. The zero-order valence-electron chi connectivity index (χ0n) is 10.8. The van der Waals surface area contributed by atoms with E-state index in [9.17, 15) is 15.2 Å². The molecule has 0 saturated heterocycles. The van der Waals surface area contributed by atoms with Gasteiger partial charge in [-0.25, -0.2) is 0 Å². The van der Waals surface area contributed by atoms with Gasteiger partial charge in [0.15, 0.2) is 0 Å². The Balaban J connectivity index is 2.18. The molecule has 21 heavy (non-hydrogen) atoms. The SMILES string of the molecule is O=[N+]([O-])c1cc(Cl)ccc1COc1ccc(Br)c(CO)c1. The summed E-state index contributed by atoms with van der Waals surface area (Å²) in [5.74, 6) is 0.520. The highest BCUT2D eigenvalue weighted by molar-refractivity contribution is 9.10. The van der Waals surface area contributed by atoms with Crippen molar-refractivity contribution >= 4 is 33.2 Å². The molecular formula is C14H11BrClNO4. The predicted molar refractivity (Wildman–Crippen MR) is 82.5 cm³/mol. The molecule has 0 aromatic heterocycles. The molecule has 0 unspecified atom stereocenters. The van der Waals surface area contributed by atoms with E-state index in [0.29, 0.717) is 21.9 Å². The second-order valence-electron chi connectivity index (χ2n) is 4.23. The van der Waals surface area contributed by atoms with E-state index in [1.54, 1.807) is 30.3 Å². The van der Waals surface area contributed by atoms with E-state index in [0.717, 1.165) is 4.47 Å². The second kappa shape index (κ2) is 6.89. The number of halogens is 2. The van der Waals surface area contributed by atoms with Gasteiger partial charge in [-0.15, -0.1) is 0 Å². The van der Waals surface area contributed by atoms with Gasteiger partial charge in [-0.3, -0.25) is 10.1 Å². The van der Waals surface area contributed by atoms with E-state index >= 15 is 0 Å². The third-order valence-electron chi connectivity index (χ3n) is 2.83. The third-order valence-corrected chi connectivity index (χ3v) is 3.83. The zero-order valence-corrected chi connectivity index (χ0v) is 13.1. The van der Waals surface area contributed by atoms with Crippen molar-refractivity contribution in [1.82, 2.24) is 0 Å². The van der Waals surface area contributed by atoms with Crippen molar-refractivity contribution in [2.45, 2.75) is 13.2 Å². The Morgan fingerprint density at radius 2 is 2.00 bits per heavy atom. The minimum absolute atomic E-state index is 0.0416. The molecule has 5 nitrogen and oxygen atoms in total. The largest absolute Gasteiger partial charge is 0.489 e. The van der Waals surface area contributed by atoms with E-state index in [-0.39, 0.29) is 18.9 Å².